The second kappa shape index (κ2) is 9.35. The molecule has 0 aliphatic carbocycles. The van der Waals surface area contributed by atoms with Crippen LogP contribution in [0.25, 0.3) is 0 Å². The number of carboxylic acid groups (broad SMARTS) is 1. The first kappa shape index (κ1) is 17.4. The SMILES string of the molecule is CCNC(C)(CCCCN1CCCCCCC1)C(=O)O. The van der Waals surface area contributed by atoms with Crippen LogP contribution in [-0.4, -0.2) is 47.7 Å². The van der Waals surface area contributed by atoms with Gasteiger partial charge in [-0.2, -0.15) is 0 Å². The van der Waals surface area contributed by atoms with Crippen molar-refractivity contribution < 1.29 is 9.90 Å². The molecular weight excluding hydrogens is 252 g/mol. The molecule has 0 spiro atoms. The molecule has 0 amide bonds. The van der Waals surface area contributed by atoms with E-state index in [1.165, 1.54) is 45.2 Å². The molecule has 1 aliphatic heterocycles. The molecule has 1 heterocycles. The number of hydrogen-bond acceptors (Lipinski definition) is 3. The molecule has 4 nitrogen and oxygen atoms in total. The Hall–Kier alpha value is -0.610. The first-order valence-corrected chi connectivity index (χ1v) is 8.29. The normalized spacial score (nSPS) is 20.9. The standard InChI is InChI=1S/C16H32N2O2/c1-3-17-16(2,15(19)20)11-7-10-14-18-12-8-5-4-6-9-13-18/h17H,3-14H2,1-2H3,(H,19,20). The number of likely N-dealkylation sites (tertiary alicyclic amines) is 1. The molecule has 118 valence electrons. The lowest BCUT2D eigenvalue weighted by Crippen LogP contribution is -2.49. The van der Waals surface area contributed by atoms with Crippen LogP contribution >= 0.6 is 0 Å². The monoisotopic (exact) mass is 284 g/mol. The molecule has 1 saturated heterocycles. The van der Waals surface area contributed by atoms with Gasteiger partial charge in [0.2, 0.25) is 0 Å². The fourth-order valence-electron chi connectivity index (χ4n) is 3.01. The fraction of sp³-hybridized carbons (Fsp3) is 0.938. The van der Waals surface area contributed by atoms with Crippen LogP contribution in [-0.2, 0) is 4.79 Å². The van der Waals surface area contributed by atoms with Gasteiger partial charge in [-0.1, -0.05) is 26.2 Å². The number of nitrogens with zero attached hydrogens (tertiary/aromatic N) is 1. The van der Waals surface area contributed by atoms with Crippen molar-refractivity contribution in [2.45, 2.75) is 70.8 Å². The third kappa shape index (κ3) is 6.23. The van der Waals surface area contributed by atoms with Gasteiger partial charge in [0.25, 0.3) is 0 Å². The van der Waals surface area contributed by atoms with E-state index in [0.29, 0.717) is 13.0 Å². The van der Waals surface area contributed by atoms with Gasteiger partial charge < -0.3 is 15.3 Å². The van der Waals surface area contributed by atoms with Crippen molar-refractivity contribution in [2.75, 3.05) is 26.2 Å². The summed E-state index contributed by atoms with van der Waals surface area (Å²) in [5.74, 6) is -0.731. The lowest BCUT2D eigenvalue weighted by Gasteiger charge is -2.27. The Kier molecular flexibility index (Phi) is 8.15. The smallest absolute Gasteiger partial charge is 0.323 e. The van der Waals surface area contributed by atoms with E-state index in [1.807, 2.05) is 6.92 Å². The number of likely N-dealkylation sites (N-methyl/N-ethyl adjacent to an activating group) is 1. The van der Waals surface area contributed by atoms with Crippen LogP contribution in [0, 0.1) is 0 Å². The molecule has 20 heavy (non-hydrogen) atoms. The quantitative estimate of drug-likeness (QED) is 0.673. The molecule has 0 bridgehead atoms. The van der Waals surface area contributed by atoms with Gasteiger partial charge in [-0.25, -0.2) is 0 Å². The maximum absolute atomic E-state index is 11.3. The third-order valence-electron chi connectivity index (χ3n) is 4.39. The molecule has 0 aromatic carbocycles. The number of carbonyl (C=O) groups is 1. The van der Waals surface area contributed by atoms with Gasteiger partial charge in [0, 0.05) is 0 Å². The van der Waals surface area contributed by atoms with Crippen LogP contribution in [0.1, 0.15) is 65.2 Å². The highest BCUT2D eigenvalue weighted by atomic mass is 16.4. The molecule has 1 atom stereocenters. The summed E-state index contributed by atoms with van der Waals surface area (Å²) in [5.41, 5.74) is -0.759. The zero-order valence-corrected chi connectivity index (χ0v) is 13.3. The fourth-order valence-corrected chi connectivity index (χ4v) is 3.01. The Morgan fingerprint density at radius 1 is 1.15 bits per heavy atom. The topological polar surface area (TPSA) is 52.6 Å². The van der Waals surface area contributed by atoms with Crippen molar-refractivity contribution in [2.24, 2.45) is 0 Å². The highest BCUT2D eigenvalue weighted by molar-refractivity contribution is 5.78. The minimum absolute atomic E-state index is 0.703. The van der Waals surface area contributed by atoms with E-state index in [1.54, 1.807) is 6.92 Å². The summed E-state index contributed by atoms with van der Waals surface area (Å²) in [6.45, 7) is 8.04. The van der Waals surface area contributed by atoms with Crippen LogP contribution in [0.4, 0.5) is 0 Å². The second-order valence-electron chi connectivity index (χ2n) is 6.23. The van der Waals surface area contributed by atoms with Gasteiger partial charge in [-0.15, -0.1) is 0 Å². The predicted octanol–water partition coefficient (Wildman–Crippen LogP) is 2.88. The molecule has 0 radical (unpaired) electrons. The molecule has 0 aromatic rings. The van der Waals surface area contributed by atoms with Gasteiger partial charge in [-0.05, 0) is 65.2 Å². The molecule has 1 unspecified atom stereocenters. The van der Waals surface area contributed by atoms with Crippen molar-refractivity contribution in [1.29, 1.82) is 0 Å². The minimum Gasteiger partial charge on any atom is -0.480 e. The molecular formula is C16H32N2O2. The summed E-state index contributed by atoms with van der Waals surface area (Å²) in [5, 5.41) is 12.4. The average molecular weight is 284 g/mol. The van der Waals surface area contributed by atoms with Crippen LogP contribution in [0.3, 0.4) is 0 Å². The molecule has 1 rings (SSSR count). The van der Waals surface area contributed by atoms with Crippen molar-refractivity contribution in [3.05, 3.63) is 0 Å². The van der Waals surface area contributed by atoms with Crippen LogP contribution in [0.5, 0.6) is 0 Å². The van der Waals surface area contributed by atoms with E-state index in [-0.39, 0.29) is 0 Å². The molecule has 4 heteroatoms. The average Bonchev–Trinajstić information content (AvgIpc) is 2.36. The lowest BCUT2D eigenvalue weighted by atomic mass is 9.94. The van der Waals surface area contributed by atoms with Crippen LogP contribution < -0.4 is 5.32 Å². The van der Waals surface area contributed by atoms with E-state index in [4.69, 9.17) is 0 Å². The lowest BCUT2D eigenvalue weighted by molar-refractivity contribution is -0.144. The zero-order chi connectivity index (χ0) is 14.8. The second-order valence-corrected chi connectivity index (χ2v) is 6.23. The number of carboxylic acids is 1. The summed E-state index contributed by atoms with van der Waals surface area (Å²) in [4.78, 5) is 13.9. The Balaban J connectivity index is 2.23. The summed E-state index contributed by atoms with van der Waals surface area (Å²) in [6, 6.07) is 0. The van der Waals surface area contributed by atoms with Gasteiger partial charge in [-0.3, -0.25) is 4.79 Å². The van der Waals surface area contributed by atoms with E-state index in [9.17, 15) is 9.90 Å². The first-order chi connectivity index (χ1) is 9.58. The van der Waals surface area contributed by atoms with Crippen LogP contribution in [0.15, 0.2) is 0 Å². The maximum atomic E-state index is 11.3. The van der Waals surface area contributed by atoms with E-state index in [2.05, 4.69) is 10.2 Å². The molecule has 0 aromatic heterocycles. The Morgan fingerprint density at radius 3 is 2.30 bits per heavy atom. The van der Waals surface area contributed by atoms with Crippen molar-refractivity contribution >= 4 is 5.97 Å². The minimum atomic E-state index is -0.759. The summed E-state index contributed by atoms with van der Waals surface area (Å²) < 4.78 is 0. The Labute approximate surface area is 123 Å². The van der Waals surface area contributed by atoms with Crippen molar-refractivity contribution in [1.82, 2.24) is 10.2 Å². The Bertz CT molecular complexity index is 276. The number of aliphatic carboxylic acids is 1. The summed E-state index contributed by atoms with van der Waals surface area (Å²) in [7, 11) is 0. The summed E-state index contributed by atoms with van der Waals surface area (Å²) >= 11 is 0. The van der Waals surface area contributed by atoms with Crippen LogP contribution in [0.2, 0.25) is 0 Å². The first-order valence-electron chi connectivity index (χ1n) is 8.29. The molecule has 2 N–H and O–H groups in total. The van der Waals surface area contributed by atoms with Gasteiger partial charge in [0.15, 0.2) is 0 Å². The van der Waals surface area contributed by atoms with Crippen molar-refractivity contribution in [3.8, 4) is 0 Å². The molecule has 1 fully saturated rings. The maximum Gasteiger partial charge on any atom is 0.323 e. The van der Waals surface area contributed by atoms with E-state index < -0.39 is 11.5 Å². The molecule has 0 saturated carbocycles. The van der Waals surface area contributed by atoms with Gasteiger partial charge >= 0.3 is 5.97 Å². The van der Waals surface area contributed by atoms with E-state index in [0.717, 1.165) is 19.4 Å². The predicted molar refractivity (Wildman–Crippen MR) is 83.1 cm³/mol. The highest BCUT2D eigenvalue weighted by Crippen LogP contribution is 2.16. The van der Waals surface area contributed by atoms with Gasteiger partial charge in [0.1, 0.15) is 5.54 Å². The number of rotatable bonds is 8. The molecule has 1 aliphatic rings. The Morgan fingerprint density at radius 2 is 1.75 bits per heavy atom. The number of nitrogens with one attached hydrogen (secondary N) is 1. The van der Waals surface area contributed by atoms with Crippen molar-refractivity contribution in [3.63, 3.8) is 0 Å². The number of hydrogen-bond donors (Lipinski definition) is 2. The van der Waals surface area contributed by atoms with E-state index >= 15 is 0 Å². The summed E-state index contributed by atoms with van der Waals surface area (Å²) in [6.07, 6.45) is 9.58. The third-order valence-corrected chi connectivity index (χ3v) is 4.39. The zero-order valence-electron chi connectivity index (χ0n) is 13.3. The van der Waals surface area contributed by atoms with Gasteiger partial charge in [0.05, 0.1) is 0 Å². The largest absolute Gasteiger partial charge is 0.480 e. The highest BCUT2D eigenvalue weighted by Gasteiger charge is 2.31. The number of unbranched alkanes of at least 4 members (excludes halogenated alkanes) is 1.